The third-order valence-corrected chi connectivity index (χ3v) is 4.85. The van der Waals surface area contributed by atoms with Crippen LogP contribution in [0.5, 0.6) is 0 Å². The summed E-state index contributed by atoms with van der Waals surface area (Å²) in [5, 5.41) is 0. The smallest absolute Gasteiger partial charge is 0.254 e. The summed E-state index contributed by atoms with van der Waals surface area (Å²) in [6.07, 6.45) is 3.55. The molecule has 0 saturated carbocycles. The van der Waals surface area contributed by atoms with E-state index in [2.05, 4.69) is 16.9 Å². The Morgan fingerprint density at radius 3 is 2.90 bits per heavy atom. The van der Waals surface area contributed by atoms with E-state index in [4.69, 9.17) is 5.73 Å². The van der Waals surface area contributed by atoms with E-state index in [9.17, 15) is 4.79 Å². The van der Waals surface area contributed by atoms with Crippen molar-refractivity contribution in [1.82, 2.24) is 14.8 Å². The number of amides is 1. The molecule has 2 fully saturated rings. The van der Waals surface area contributed by atoms with Crippen LogP contribution in [-0.2, 0) is 0 Å². The average Bonchev–Trinajstić information content (AvgIpc) is 2.45. The molecule has 3 heterocycles. The summed E-state index contributed by atoms with van der Waals surface area (Å²) in [5.74, 6) is 1.13. The summed E-state index contributed by atoms with van der Waals surface area (Å²) in [6, 6.07) is 4.17. The lowest BCUT2D eigenvalue weighted by Crippen LogP contribution is -2.53. The van der Waals surface area contributed by atoms with Crippen LogP contribution in [0.4, 0.5) is 5.82 Å². The number of likely N-dealkylation sites (tertiary alicyclic amines) is 2. The Morgan fingerprint density at radius 1 is 1.33 bits per heavy atom. The summed E-state index contributed by atoms with van der Waals surface area (Å²) < 4.78 is 0. The fourth-order valence-electron chi connectivity index (χ4n) is 3.84. The molecule has 2 atom stereocenters. The third-order valence-electron chi connectivity index (χ3n) is 4.85. The van der Waals surface area contributed by atoms with Gasteiger partial charge in [0, 0.05) is 30.4 Å². The highest BCUT2D eigenvalue weighted by atomic mass is 16.2. The van der Waals surface area contributed by atoms with Crippen molar-refractivity contribution in [2.45, 2.75) is 32.2 Å². The molecule has 2 aliphatic heterocycles. The minimum atomic E-state index is 0.0962. The molecule has 2 unspecified atom stereocenters. The minimum absolute atomic E-state index is 0.0962. The number of aromatic nitrogens is 1. The fraction of sp³-hybridized carbons (Fsp3) is 0.625. The van der Waals surface area contributed by atoms with Crippen LogP contribution in [0.1, 0.15) is 35.3 Å². The van der Waals surface area contributed by atoms with E-state index in [0.29, 0.717) is 23.3 Å². The molecule has 1 aromatic heterocycles. The lowest BCUT2D eigenvalue weighted by atomic mass is 9.84. The van der Waals surface area contributed by atoms with Crippen LogP contribution in [-0.4, -0.2) is 53.4 Å². The first-order valence-corrected chi connectivity index (χ1v) is 7.78. The van der Waals surface area contributed by atoms with Gasteiger partial charge in [-0.05, 0) is 57.8 Å². The Balaban J connectivity index is 1.74. The van der Waals surface area contributed by atoms with Crippen LogP contribution in [0, 0.1) is 12.8 Å². The van der Waals surface area contributed by atoms with Crippen molar-refractivity contribution in [3.63, 3.8) is 0 Å². The van der Waals surface area contributed by atoms with Crippen molar-refractivity contribution in [2.24, 2.45) is 5.92 Å². The van der Waals surface area contributed by atoms with Gasteiger partial charge in [0.25, 0.3) is 5.91 Å². The molecule has 2 N–H and O–H groups in total. The lowest BCUT2D eigenvalue weighted by molar-refractivity contribution is 0.0317. The van der Waals surface area contributed by atoms with E-state index in [-0.39, 0.29) is 5.91 Å². The molecule has 3 rings (SSSR count). The molecular formula is C16H24N4O. The number of carbonyl (C=O) groups is 1. The summed E-state index contributed by atoms with van der Waals surface area (Å²) in [4.78, 5) is 21.3. The number of fused-ring (bicyclic) bond motifs is 1. The average molecular weight is 288 g/mol. The number of carbonyl (C=O) groups excluding carboxylic acids is 1. The number of pyridine rings is 1. The second-order valence-electron chi connectivity index (χ2n) is 6.41. The lowest BCUT2D eigenvalue weighted by Gasteiger charge is -2.46. The predicted molar refractivity (Wildman–Crippen MR) is 83.0 cm³/mol. The summed E-state index contributed by atoms with van der Waals surface area (Å²) in [6.45, 7) is 4.77. The molecule has 2 aliphatic rings. The van der Waals surface area contributed by atoms with Gasteiger partial charge in [-0.1, -0.05) is 0 Å². The van der Waals surface area contributed by atoms with E-state index in [0.717, 1.165) is 25.2 Å². The van der Waals surface area contributed by atoms with Crippen molar-refractivity contribution in [1.29, 1.82) is 0 Å². The van der Waals surface area contributed by atoms with Crippen molar-refractivity contribution in [3.8, 4) is 0 Å². The number of hydrogen-bond acceptors (Lipinski definition) is 4. The zero-order valence-electron chi connectivity index (χ0n) is 12.9. The van der Waals surface area contributed by atoms with E-state index in [1.807, 2.05) is 17.9 Å². The van der Waals surface area contributed by atoms with E-state index in [1.165, 1.54) is 19.4 Å². The van der Waals surface area contributed by atoms with Gasteiger partial charge >= 0.3 is 0 Å². The second-order valence-corrected chi connectivity index (χ2v) is 6.41. The minimum Gasteiger partial charge on any atom is -0.384 e. The zero-order chi connectivity index (χ0) is 15.0. The number of nitrogens with two attached hydrogens (primary N) is 1. The van der Waals surface area contributed by atoms with Crippen LogP contribution >= 0.6 is 0 Å². The first-order chi connectivity index (χ1) is 10.0. The molecule has 0 aliphatic carbocycles. The number of anilines is 1. The van der Waals surface area contributed by atoms with E-state index < -0.39 is 0 Å². The molecule has 2 saturated heterocycles. The number of piperidine rings is 2. The Labute approximate surface area is 126 Å². The normalized spacial score (nSPS) is 26.5. The topological polar surface area (TPSA) is 62.5 Å². The molecule has 0 aromatic carbocycles. The number of nitrogen functional groups attached to an aromatic ring is 1. The number of rotatable bonds is 1. The van der Waals surface area contributed by atoms with Crippen LogP contribution in [0.2, 0.25) is 0 Å². The predicted octanol–water partition coefficient (Wildman–Crippen LogP) is 1.53. The Morgan fingerprint density at radius 2 is 2.14 bits per heavy atom. The van der Waals surface area contributed by atoms with Gasteiger partial charge in [-0.25, -0.2) is 4.98 Å². The van der Waals surface area contributed by atoms with Crippen molar-refractivity contribution >= 4 is 11.7 Å². The van der Waals surface area contributed by atoms with Gasteiger partial charge in [0.2, 0.25) is 0 Å². The first kappa shape index (κ1) is 14.3. The van der Waals surface area contributed by atoms with Gasteiger partial charge in [-0.15, -0.1) is 0 Å². The molecule has 21 heavy (non-hydrogen) atoms. The van der Waals surface area contributed by atoms with Crippen molar-refractivity contribution in [3.05, 3.63) is 23.4 Å². The van der Waals surface area contributed by atoms with Gasteiger partial charge in [-0.3, -0.25) is 4.79 Å². The Bertz CT molecular complexity index is 525. The maximum atomic E-state index is 12.7. The molecule has 1 amide bonds. The molecule has 1 aromatic rings. The largest absolute Gasteiger partial charge is 0.384 e. The van der Waals surface area contributed by atoms with Gasteiger partial charge in [0.1, 0.15) is 5.82 Å². The molecule has 5 heteroatoms. The molecule has 0 radical (unpaired) electrons. The Hall–Kier alpha value is -1.62. The quantitative estimate of drug-likeness (QED) is 0.851. The highest BCUT2D eigenvalue weighted by Gasteiger charge is 2.35. The monoisotopic (exact) mass is 288 g/mol. The van der Waals surface area contributed by atoms with Crippen LogP contribution < -0.4 is 5.73 Å². The number of aryl methyl sites for hydroxylation is 1. The highest BCUT2D eigenvalue weighted by molar-refractivity contribution is 5.95. The molecular weight excluding hydrogens is 264 g/mol. The van der Waals surface area contributed by atoms with Gasteiger partial charge < -0.3 is 15.5 Å². The number of nitrogens with zero attached hydrogens (tertiary/aromatic N) is 3. The molecule has 0 bridgehead atoms. The van der Waals surface area contributed by atoms with Crippen LogP contribution in [0.3, 0.4) is 0 Å². The number of hydrogen-bond donors (Lipinski definition) is 1. The molecule has 114 valence electrons. The maximum Gasteiger partial charge on any atom is 0.254 e. The fourth-order valence-corrected chi connectivity index (χ4v) is 3.84. The Kier molecular flexibility index (Phi) is 3.85. The van der Waals surface area contributed by atoms with E-state index in [1.54, 1.807) is 6.07 Å². The van der Waals surface area contributed by atoms with Crippen LogP contribution in [0.25, 0.3) is 0 Å². The van der Waals surface area contributed by atoms with E-state index >= 15 is 0 Å². The zero-order valence-corrected chi connectivity index (χ0v) is 12.9. The third kappa shape index (κ3) is 2.88. The van der Waals surface area contributed by atoms with Crippen molar-refractivity contribution < 1.29 is 4.79 Å². The second kappa shape index (κ2) is 5.64. The first-order valence-electron chi connectivity index (χ1n) is 7.78. The SMILES string of the molecule is Cc1cc(C(=O)N2CCC3C(CCCN3C)C2)cc(N)n1. The molecule has 0 spiro atoms. The van der Waals surface area contributed by atoms with Crippen LogP contribution in [0.15, 0.2) is 12.1 Å². The standard InChI is InChI=1S/C16H24N4O/c1-11-8-13(9-15(17)18-11)16(21)20-7-5-14-12(10-20)4-3-6-19(14)2/h8-9,12,14H,3-7,10H2,1-2H3,(H2,17,18). The van der Waals surface area contributed by atoms with Gasteiger partial charge in [0.15, 0.2) is 0 Å². The maximum absolute atomic E-state index is 12.7. The molecule has 5 nitrogen and oxygen atoms in total. The summed E-state index contributed by atoms with van der Waals surface area (Å²) in [7, 11) is 2.21. The summed E-state index contributed by atoms with van der Waals surface area (Å²) in [5.41, 5.74) is 7.23. The highest BCUT2D eigenvalue weighted by Crippen LogP contribution is 2.30. The summed E-state index contributed by atoms with van der Waals surface area (Å²) >= 11 is 0. The van der Waals surface area contributed by atoms with Gasteiger partial charge in [0.05, 0.1) is 0 Å². The van der Waals surface area contributed by atoms with Gasteiger partial charge in [-0.2, -0.15) is 0 Å². The van der Waals surface area contributed by atoms with Crippen molar-refractivity contribution in [2.75, 3.05) is 32.4 Å².